The number of ether oxygens (including phenoxy) is 2. The molecule has 5 nitrogen and oxygen atoms in total. The number of rotatable bonds is 5. The Morgan fingerprint density at radius 2 is 2.42 bits per heavy atom. The van der Waals surface area contributed by atoms with Crippen LogP contribution in [0.15, 0.2) is 23.4 Å². The normalized spacial score (nSPS) is 19.8. The van der Waals surface area contributed by atoms with Crippen molar-refractivity contribution in [3.05, 3.63) is 34.9 Å². The molecule has 1 saturated heterocycles. The molecule has 2 rings (SSSR count). The van der Waals surface area contributed by atoms with Gasteiger partial charge in [-0.1, -0.05) is 17.3 Å². The van der Waals surface area contributed by atoms with Gasteiger partial charge in [0, 0.05) is 18.1 Å². The van der Waals surface area contributed by atoms with Gasteiger partial charge in [-0.3, -0.25) is 0 Å². The van der Waals surface area contributed by atoms with Crippen LogP contribution in [-0.2, 0) is 16.1 Å². The van der Waals surface area contributed by atoms with E-state index in [1.807, 2.05) is 25.1 Å². The summed E-state index contributed by atoms with van der Waals surface area (Å²) in [5.74, 6) is 0.649. The predicted molar refractivity (Wildman–Crippen MR) is 72.3 cm³/mol. The third kappa shape index (κ3) is 3.68. The van der Waals surface area contributed by atoms with Crippen LogP contribution in [0.4, 0.5) is 0 Å². The highest BCUT2D eigenvalue weighted by molar-refractivity contribution is 5.97. The second-order valence-corrected chi connectivity index (χ2v) is 4.87. The maximum atomic E-state index is 8.64. The van der Waals surface area contributed by atoms with Gasteiger partial charge in [0.05, 0.1) is 19.8 Å². The lowest BCUT2D eigenvalue weighted by Gasteiger charge is -2.11. The number of benzene rings is 1. The molecule has 19 heavy (non-hydrogen) atoms. The molecule has 1 aromatic rings. The highest BCUT2D eigenvalue weighted by atomic mass is 16.5. The van der Waals surface area contributed by atoms with Gasteiger partial charge in [-0.2, -0.15) is 0 Å². The highest BCUT2D eigenvalue weighted by Crippen LogP contribution is 2.16. The molecular weight excluding hydrogens is 244 g/mol. The molecule has 104 valence electrons. The standard InChI is InChI=1S/C14H20N2O3/c1-10-6-12(14(15)16-17)2-3-13(10)9-19-8-11-4-5-18-7-11/h2-3,6,11,17H,4-5,7-9H2,1H3,(H2,15,16). The van der Waals surface area contributed by atoms with Crippen LogP contribution in [0.5, 0.6) is 0 Å². The zero-order valence-corrected chi connectivity index (χ0v) is 11.1. The van der Waals surface area contributed by atoms with E-state index >= 15 is 0 Å². The Hall–Kier alpha value is -1.59. The zero-order chi connectivity index (χ0) is 13.7. The fraction of sp³-hybridized carbons (Fsp3) is 0.500. The summed E-state index contributed by atoms with van der Waals surface area (Å²) in [5.41, 5.74) is 8.46. The van der Waals surface area contributed by atoms with Crippen molar-refractivity contribution in [1.29, 1.82) is 0 Å². The van der Waals surface area contributed by atoms with Gasteiger partial charge >= 0.3 is 0 Å². The number of aryl methyl sites for hydroxylation is 1. The fourth-order valence-corrected chi connectivity index (χ4v) is 2.13. The topological polar surface area (TPSA) is 77.1 Å². The van der Waals surface area contributed by atoms with Crippen molar-refractivity contribution in [2.45, 2.75) is 20.0 Å². The molecule has 0 bridgehead atoms. The summed E-state index contributed by atoms with van der Waals surface area (Å²) in [6, 6.07) is 5.68. The van der Waals surface area contributed by atoms with Crippen LogP contribution < -0.4 is 5.73 Å². The maximum absolute atomic E-state index is 8.64. The molecule has 0 amide bonds. The van der Waals surface area contributed by atoms with Gasteiger partial charge < -0.3 is 20.4 Å². The predicted octanol–water partition coefficient (Wildman–Crippen LogP) is 1.64. The van der Waals surface area contributed by atoms with Gasteiger partial charge in [0.2, 0.25) is 0 Å². The SMILES string of the molecule is Cc1cc(/C(N)=N/O)ccc1COCC1CCOC1. The lowest BCUT2D eigenvalue weighted by Crippen LogP contribution is -2.14. The smallest absolute Gasteiger partial charge is 0.170 e. The van der Waals surface area contributed by atoms with E-state index in [-0.39, 0.29) is 5.84 Å². The third-order valence-electron chi connectivity index (χ3n) is 3.38. The summed E-state index contributed by atoms with van der Waals surface area (Å²) in [6.45, 7) is 4.97. The summed E-state index contributed by atoms with van der Waals surface area (Å²) >= 11 is 0. The molecule has 1 atom stereocenters. The Morgan fingerprint density at radius 3 is 3.05 bits per heavy atom. The number of nitrogens with zero attached hydrogens (tertiary/aromatic N) is 1. The lowest BCUT2D eigenvalue weighted by atomic mass is 10.1. The van der Waals surface area contributed by atoms with Crippen LogP contribution in [0.3, 0.4) is 0 Å². The Balaban J connectivity index is 1.89. The Labute approximate surface area is 113 Å². The molecule has 0 spiro atoms. The number of hydrogen-bond acceptors (Lipinski definition) is 4. The Morgan fingerprint density at radius 1 is 1.58 bits per heavy atom. The first kappa shape index (κ1) is 13.8. The first-order chi connectivity index (χ1) is 9.20. The van der Waals surface area contributed by atoms with Gasteiger partial charge in [0.15, 0.2) is 5.84 Å². The second-order valence-electron chi connectivity index (χ2n) is 4.87. The van der Waals surface area contributed by atoms with Crippen LogP contribution >= 0.6 is 0 Å². The Bertz CT molecular complexity index is 454. The molecule has 1 unspecified atom stereocenters. The van der Waals surface area contributed by atoms with E-state index in [0.717, 1.165) is 37.4 Å². The van der Waals surface area contributed by atoms with Crippen molar-refractivity contribution >= 4 is 5.84 Å². The van der Waals surface area contributed by atoms with Crippen LogP contribution in [0.25, 0.3) is 0 Å². The van der Waals surface area contributed by atoms with Crippen molar-refractivity contribution in [1.82, 2.24) is 0 Å². The van der Waals surface area contributed by atoms with Crippen molar-refractivity contribution < 1.29 is 14.7 Å². The quantitative estimate of drug-likeness (QED) is 0.367. The molecule has 0 saturated carbocycles. The van der Waals surface area contributed by atoms with Gasteiger partial charge in [-0.15, -0.1) is 0 Å². The van der Waals surface area contributed by atoms with Crippen molar-refractivity contribution in [3.8, 4) is 0 Å². The van der Waals surface area contributed by atoms with E-state index in [2.05, 4.69) is 5.16 Å². The zero-order valence-electron chi connectivity index (χ0n) is 11.1. The third-order valence-corrected chi connectivity index (χ3v) is 3.38. The monoisotopic (exact) mass is 264 g/mol. The molecule has 1 fully saturated rings. The Kier molecular flexibility index (Phi) is 4.76. The first-order valence-electron chi connectivity index (χ1n) is 6.43. The first-order valence-corrected chi connectivity index (χ1v) is 6.43. The molecule has 0 radical (unpaired) electrons. The van der Waals surface area contributed by atoms with Crippen molar-refractivity contribution in [3.63, 3.8) is 0 Å². The van der Waals surface area contributed by atoms with Crippen LogP contribution in [-0.4, -0.2) is 30.9 Å². The van der Waals surface area contributed by atoms with Crippen LogP contribution in [0.2, 0.25) is 0 Å². The minimum absolute atomic E-state index is 0.124. The van der Waals surface area contributed by atoms with Gasteiger partial charge in [0.25, 0.3) is 0 Å². The number of amidine groups is 1. The van der Waals surface area contributed by atoms with Gasteiger partial charge in [-0.25, -0.2) is 0 Å². The minimum Gasteiger partial charge on any atom is -0.409 e. The molecule has 3 N–H and O–H groups in total. The van der Waals surface area contributed by atoms with E-state index in [1.54, 1.807) is 0 Å². The minimum atomic E-state index is 0.124. The fourth-order valence-electron chi connectivity index (χ4n) is 2.13. The average Bonchev–Trinajstić information content (AvgIpc) is 2.93. The molecule has 1 aliphatic rings. The largest absolute Gasteiger partial charge is 0.409 e. The highest BCUT2D eigenvalue weighted by Gasteiger charge is 2.15. The van der Waals surface area contributed by atoms with E-state index in [0.29, 0.717) is 18.1 Å². The number of hydrogen-bond donors (Lipinski definition) is 2. The lowest BCUT2D eigenvalue weighted by molar-refractivity contribution is 0.0789. The molecule has 1 aliphatic heterocycles. The van der Waals surface area contributed by atoms with Gasteiger partial charge in [0.1, 0.15) is 0 Å². The van der Waals surface area contributed by atoms with E-state index in [4.69, 9.17) is 20.4 Å². The number of oxime groups is 1. The molecular formula is C14H20N2O3. The van der Waals surface area contributed by atoms with Crippen molar-refractivity contribution in [2.24, 2.45) is 16.8 Å². The number of nitrogens with two attached hydrogens (primary N) is 1. The summed E-state index contributed by atoms with van der Waals surface area (Å²) in [6.07, 6.45) is 1.08. The summed E-state index contributed by atoms with van der Waals surface area (Å²) in [5, 5.41) is 11.6. The van der Waals surface area contributed by atoms with E-state index < -0.39 is 0 Å². The summed E-state index contributed by atoms with van der Waals surface area (Å²) in [4.78, 5) is 0. The van der Waals surface area contributed by atoms with Crippen LogP contribution in [0, 0.1) is 12.8 Å². The molecule has 0 aliphatic carbocycles. The second kappa shape index (κ2) is 6.54. The molecule has 1 aromatic carbocycles. The van der Waals surface area contributed by atoms with E-state index in [9.17, 15) is 0 Å². The van der Waals surface area contributed by atoms with Gasteiger partial charge in [-0.05, 0) is 30.5 Å². The maximum Gasteiger partial charge on any atom is 0.170 e. The van der Waals surface area contributed by atoms with Crippen molar-refractivity contribution in [2.75, 3.05) is 19.8 Å². The summed E-state index contributed by atoms with van der Waals surface area (Å²) in [7, 11) is 0. The molecule has 5 heteroatoms. The summed E-state index contributed by atoms with van der Waals surface area (Å²) < 4.78 is 11.0. The molecule has 1 heterocycles. The van der Waals surface area contributed by atoms with E-state index in [1.165, 1.54) is 0 Å². The molecule has 0 aromatic heterocycles. The van der Waals surface area contributed by atoms with Crippen LogP contribution in [0.1, 0.15) is 23.1 Å². The average molecular weight is 264 g/mol.